The molecule has 2 aliphatic heterocycles. The van der Waals surface area contributed by atoms with Crippen molar-refractivity contribution in [2.45, 2.75) is 25.0 Å². The van der Waals surface area contributed by atoms with Crippen LogP contribution in [0, 0.1) is 20.8 Å². The summed E-state index contributed by atoms with van der Waals surface area (Å²) >= 11 is 2.35. The number of anilines is 1. The molecule has 0 spiro atoms. The summed E-state index contributed by atoms with van der Waals surface area (Å²) in [7, 11) is 0. The van der Waals surface area contributed by atoms with Crippen LogP contribution in [0.3, 0.4) is 0 Å². The maximum absolute atomic E-state index is 9.02. The number of rotatable bonds is 1. The fourth-order valence-corrected chi connectivity index (χ4v) is 4.44. The van der Waals surface area contributed by atoms with Gasteiger partial charge in [-0.05, 0) is 71.8 Å². The van der Waals surface area contributed by atoms with Crippen LogP contribution in [0.2, 0.25) is 0 Å². The molecular weight excluding hydrogens is 399 g/mol. The third-order valence-corrected chi connectivity index (χ3v) is 5.83. The minimum Gasteiger partial charge on any atom is -0.375 e. The van der Waals surface area contributed by atoms with Gasteiger partial charge in [-0.3, -0.25) is 0 Å². The molecular formula is C19H17IN2O. The summed E-state index contributed by atoms with van der Waals surface area (Å²) in [6.45, 7) is 3.05. The summed E-state index contributed by atoms with van der Waals surface area (Å²) in [5, 5.41) is 12.8. The van der Waals surface area contributed by atoms with E-state index in [0.717, 1.165) is 18.7 Å². The molecule has 3 nitrogen and oxygen atoms in total. The lowest BCUT2D eigenvalue weighted by Crippen LogP contribution is -2.44. The van der Waals surface area contributed by atoms with Crippen LogP contribution in [-0.2, 0) is 10.3 Å². The van der Waals surface area contributed by atoms with E-state index >= 15 is 0 Å². The van der Waals surface area contributed by atoms with Gasteiger partial charge in [0.05, 0.1) is 23.3 Å². The SMILES string of the molecule is C[C@@]1(c2ccc(C#N)cc2)Nc2ccc(I)cc2[C@H]2OCC[C@@H]21. The Morgan fingerprint density at radius 1 is 1.26 bits per heavy atom. The lowest BCUT2D eigenvalue weighted by Gasteiger charge is -2.45. The molecule has 0 unspecified atom stereocenters. The van der Waals surface area contributed by atoms with Crippen LogP contribution in [0.5, 0.6) is 0 Å². The molecule has 2 heterocycles. The van der Waals surface area contributed by atoms with Crippen LogP contribution in [-0.4, -0.2) is 6.61 Å². The average molecular weight is 416 g/mol. The number of halogens is 1. The van der Waals surface area contributed by atoms with Crippen molar-refractivity contribution in [1.29, 1.82) is 5.26 Å². The monoisotopic (exact) mass is 416 g/mol. The Balaban J connectivity index is 1.82. The Hall–Kier alpha value is -1.58. The number of ether oxygens (including phenoxy) is 1. The maximum Gasteiger partial charge on any atom is 0.0991 e. The average Bonchev–Trinajstić information content (AvgIpc) is 3.07. The van der Waals surface area contributed by atoms with E-state index in [1.807, 2.05) is 12.1 Å². The molecule has 1 N–H and O–H groups in total. The fraction of sp³-hybridized carbons (Fsp3) is 0.316. The Labute approximate surface area is 149 Å². The first-order valence-electron chi connectivity index (χ1n) is 7.82. The predicted molar refractivity (Wildman–Crippen MR) is 98.1 cm³/mol. The standard InChI is InChI=1S/C19H17IN2O/c1-19(13-4-2-12(11-21)3-5-13)16-8-9-23-18(16)15-10-14(20)6-7-17(15)22-19/h2-7,10,16,18,22H,8-9H2,1H3/t16-,18+,19-/m0/s1. The number of hydrogen-bond acceptors (Lipinski definition) is 3. The molecule has 2 aliphatic rings. The number of hydrogen-bond donors (Lipinski definition) is 1. The van der Waals surface area contributed by atoms with Crippen LogP contribution in [0.15, 0.2) is 42.5 Å². The van der Waals surface area contributed by atoms with E-state index in [1.165, 1.54) is 14.7 Å². The van der Waals surface area contributed by atoms with Crippen LogP contribution >= 0.6 is 22.6 Å². The molecule has 4 heteroatoms. The van der Waals surface area contributed by atoms with Gasteiger partial charge in [-0.1, -0.05) is 12.1 Å². The second-order valence-electron chi connectivity index (χ2n) is 6.43. The van der Waals surface area contributed by atoms with E-state index in [2.05, 4.69) is 71.2 Å². The van der Waals surface area contributed by atoms with Gasteiger partial charge in [-0.25, -0.2) is 0 Å². The Bertz CT molecular complexity index is 796. The van der Waals surface area contributed by atoms with E-state index in [1.54, 1.807) is 0 Å². The molecule has 0 aromatic heterocycles. The van der Waals surface area contributed by atoms with Crippen molar-refractivity contribution < 1.29 is 4.74 Å². The van der Waals surface area contributed by atoms with E-state index in [9.17, 15) is 0 Å². The molecule has 3 atom stereocenters. The van der Waals surface area contributed by atoms with Crippen LogP contribution in [0.1, 0.15) is 36.1 Å². The highest BCUT2D eigenvalue weighted by molar-refractivity contribution is 14.1. The molecule has 0 saturated carbocycles. The number of nitrogens with one attached hydrogen (secondary N) is 1. The molecule has 1 saturated heterocycles. The van der Waals surface area contributed by atoms with Gasteiger partial charge >= 0.3 is 0 Å². The third kappa shape index (κ3) is 2.34. The summed E-state index contributed by atoms with van der Waals surface area (Å²) in [5.41, 5.74) is 4.14. The van der Waals surface area contributed by atoms with Crippen molar-refractivity contribution in [3.63, 3.8) is 0 Å². The van der Waals surface area contributed by atoms with Gasteiger partial charge in [0.1, 0.15) is 0 Å². The summed E-state index contributed by atoms with van der Waals surface area (Å²) in [6.07, 6.45) is 1.18. The molecule has 2 aromatic rings. The van der Waals surface area contributed by atoms with Gasteiger partial charge in [0, 0.05) is 27.3 Å². The summed E-state index contributed by atoms with van der Waals surface area (Å²) in [5.74, 6) is 0.390. The lowest BCUT2D eigenvalue weighted by molar-refractivity contribution is 0.0685. The van der Waals surface area contributed by atoms with Crippen molar-refractivity contribution in [3.8, 4) is 6.07 Å². The van der Waals surface area contributed by atoms with Crippen molar-refractivity contribution in [2.75, 3.05) is 11.9 Å². The first-order chi connectivity index (χ1) is 11.1. The van der Waals surface area contributed by atoms with Gasteiger partial charge in [0.25, 0.3) is 0 Å². The first kappa shape index (κ1) is 15.0. The quantitative estimate of drug-likeness (QED) is 0.693. The molecule has 23 heavy (non-hydrogen) atoms. The minimum atomic E-state index is -0.186. The third-order valence-electron chi connectivity index (χ3n) is 5.16. The fourth-order valence-electron chi connectivity index (χ4n) is 3.92. The molecule has 0 radical (unpaired) electrons. The smallest absolute Gasteiger partial charge is 0.0991 e. The number of fused-ring (bicyclic) bond motifs is 3. The molecule has 4 rings (SSSR count). The van der Waals surface area contributed by atoms with Crippen molar-refractivity contribution in [1.82, 2.24) is 0 Å². The van der Waals surface area contributed by atoms with Crippen LogP contribution in [0.4, 0.5) is 5.69 Å². The van der Waals surface area contributed by atoms with Crippen molar-refractivity contribution in [3.05, 3.63) is 62.7 Å². The second-order valence-corrected chi connectivity index (χ2v) is 7.68. The van der Waals surface area contributed by atoms with E-state index in [-0.39, 0.29) is 11.6 Å². The molecule has 0 bridgehead atoms. The Morgan fingerprint density at radius 3 is 2.78 bits per heavy atom. The van der Waals surface area contributed by atoms with Gasteiger partial charge in [-0.2, -0.15) is 5.26 Å². The normalized spacial score (nSPS) is 28.4. The molecule has 1 fully saturated rings. The predicted octanol–water partition coefficient (Wildman–Crippen LogP) is 4.58. The second kappa shape index (κ2) is 5.50. The summed E-state index contributed by atoms with van der Waals surface area (Å²) in [6, 6.07) is 16.6. The summed E-state index contributed by atoms with van der Waals surface area (Å²) < 4.78 is 7.34. The highest BCUT2D eigenvalue weighted by Gasteiger charge is 2.48. The molecule has 116 valence electrons. The first-order valence-corrected chi connectivity index (χ1v) is 8.89. The van der Waals surface area contributed by atoms with Gasteiger partial charge in [0.2, 0.25) is 0 Å². The molecule has 0 aliphatic carbocycles. The minimum absolute atomic E-state index is 0.140. The van der Waals surface area contributed by atoms with E-state index in [4.69, 9.17) is 10.00 Å². The van der Waals surface area contributed by atoms with E-state index < -0.39 is 0 Å². The van der Waals surface area contributed by atoms with Gasteiger partial charge in [-0.15, -0.1) is 0 Å². The van der Waals surface area contributed by atoms with Gasteiger partial charge < -0.3 is 10.1 Å². The topological polar surface area (TPSA) is 45.0 Å². The zero-order valence-corrected chi connectivity index (χ0v) is 15.0. The van der Waals surface area contributed by atoms with Gasteiger partial charge in [0.15, 0.2) is 0 Å². The Morgan fingerprint density at radius 2 is 2.04 bits per heavy atom. The highest BCUT2D eigenvalue weighted by atomic mass is 127. The van der Waals surface area contributed by atoms with E-state index in [0.29, 0.717) is 11.5 Å². The lowest BCUT2D eigenvalue weighted by atomic mass is 9.71. The molecule has 0 amide bonds. The highest BCUT2D eigenvalue weighted by Crippen LogP contribution is 2.53. The maximum atomic E-state index is 9.02. The van der Waals surface area contributed by atoms with Crippen molar-refractivity contribution >= 4 is 28.3 Å². The zero-order valence-electron chi connectivity index (χ0n) is 12.8. The number of benzene rings is 2. The van der Waals surface area contributed by atoms with Crippen LogP contribution in [0.25, 0.3) is 0 Å². The molecule has 2 aromatic carbocycles. The number of nitrogens with zero attached hydrogens (tertiary/aromatic N) is 1. The largest absolute Gasteiger partial charge is 0.375 e. The Kier molecular flexibility index (Phi) is 3.58. The zero-order chi connectivity index (χ0) is 16.0. The van der Waals surface area contributed by atoms with Crippen LogP contribution < -0.4 is 5.32 Å². The number of nitriles is 1. The summed E-state index contributed by atoms with van der Waals surface area (Å²) in [4.78, 5) is 0. The van der Waals surface area contributed by atoms with Crippen molar-refractivity contribution in [2.24, 2.45) is 5.92 Å².